The minimum atomic E-state index is -0.596. The zero-order valence-electron chi connectivity index (χ0n) is 12.4. The molecule has 2 rings (SSSR count). The van der Waals surface area contributed by atoms with Gasteiger partial charge in [-0.05, 0) is 38.6 Å². The Hall–Kier alpha value is -1.27. The SMILES string of the molecule is CCC1CN(C)CCCN1c1c(F)cc(C(N)=S)cc1F. The average molecular weight is 313 g/mol. The van der Waals surface area contributed by atoms with Crippen molar-refractivity contribution in [3.05, 3.63) is 29.3 Å². The summed E-state index contributed by atoms with van der Waals surface area (Å²) in [6, 6.07) is 2.54. The van der Waals surface area contributed by atoms with E-state index in [0.717, 1.165) is 25.9 Å². The van der Waals surface area contributed by atoms with Gasteiger partial charge < -0.3 is 15.5 Å². The molecule has 0 amide bonds. The number of anilines is 1. The van der Waals surface area contributed by atoms with Crippen molar-refractivity contribution in [1.29, 1.82) is 0 Å². The van der Waals surface area contributed by atoms with Crippen molar-refractivity contribution in [1.82, 2.24) is 4.90 Å². The first-order valence-electron chi connectivity index (χ1n) is 7.18. The lowest BCUT2D eigenvalue weighted by Gasteiger charge is -2.32. The summed E-state index contributed by atoms with van der Waals surface area (Å²) in [7, 11) is 2.04. The summed E-state index contributed by atoms with van der Waals surface area (Å²) in [4.78, 5) is 4.05. The van der Waals surface area contributed by atoms with Crippen LogP contribution in [0.15, 0.2) is 12.1 Å². The Morgan fingerprint density at radius 1 is 1.33 bits per heavy atom. The van der Waals surface area contributed by atoms with Crippen LogP contribution >= 0.6 is 12.2 Å². The van der Waals surface area contributed by atoms with Gasteiger partial charge in [0.2, 0.25) is 0 Å². The molecule has 2 N–H and O–H groups in total. The van der Waals surface area contributed by atoms with Crippen molar-refractivity contribution < 1.29 is 8.78 Å². The lowest BCUT2D eigenvalue weighted by molar-refractivity contribution is 0.327. The monoisotopic (exact) mass is 313 g/mol. The molecule has 116 valence electrons. The molecule has 1 unspecified atom stereocenters. The van der Waals surface area contributed by atoms with E-state index in [9.17, 15) is 8.78 Å². The lowest BCUT2D eigenvalue weighted by atomic mass is 10.1. The van der Waals surface area contributed by atoms with Crippen molar-refractivity contribution in [3.8, 4) is 0 Å². The number of nitrogens with two attached hydrogens (primary N) is 1. The van der Waals surface area contributed by atoms with Crippen LogP contribution in [0.2, 0.25) is 0 Å². The minimum Gasteiger partial charge on any atom is -0.389 e. The molecule has 1 aromatic carbocycles. The van der Waals surface area contributed by atoms with Crippen LogP contribution in [0.5, 0.6) is 0 Å². The highest BCUT2D eigenvalue weighted by Gasteiger charge is 2.27. The van der Waals surface area contributed by atoms with Gasteiger partial charge in [-0.1, -0.05) is 19.1 Å². The van der Waals surface area contributed by atoms with Crippen LogP contribution in [0.4, 0.5) is 14.5 Å². The van der Waals surface area contributed by atoms with Gasteiger partial charge in [0.1, 0.15) is 22.3 Å². The molecule has 1 aliphatic heterocycles. The molecular formula is C15H21F2N3S. The Morgan fingerprint density at radius 2 is 1.95 bits per heavy atom. The first-order valence-corrected chi connectivity index (χ1v) is 7.59. The molecule has 1 saturated heterocycles. The molecule has 1 fully saturated rings. The van der Waals surface area contributed by atoms with Crippen LogP contribution in [-0.2, 0) is 0 Å². The highest BCUT2D eigenvalue weighted by molar-refractivity contribution is 7.80. The molecule has 1 atom stereocenters. The van der Waals surface area contributed by atoms with Crippen LogP contribution in [-0.4, -0.2) is 42.6 Å². The van der Waals surface area contributed by atoms with Crippen molar-refractivity contribution >= 4 is 22.9 Å². The van der Waals surface area contributed by atoms with E-state index in [1.54, 1.807) is 0 Å². The van der Waals surface area contributed by atoms with Crippen molar-refractivity contribution in [2.24, 2.45) is 5.73 Å². The molecule has 0 aromatic heterocycles. The van der Waals surface area contributed by atoms with Gasteiger partial charge in [0.15, 0.2) is 0 Å². The van der Waals surface area contributed by atoms with E-state index in [0.29, 0.717) is 6.54 Å². The summed E-state index contributed by atoms with van der Waals surface area (Å²) < 4.78 is 28.8. The number of hydrogen-bond acceptors (Lipinski definition) is 3. The average Bonchev–Trinajstić information content (AvgIpc) is 2.59. The zero-order valence-corrected chi connectivity index (χ0v) is 13.2. The normalized spacial score (nSPS) is 20.4. The van der Waals surface area contributed by atoms with Gasteiger partial charge in [-0.3, -0.25) is 0 Å². The fraction of sp³-hybridized carbons (Fsp3) is 0.533. The van der Waals surface area contributed by atoms with Crippen molar-refractivity contribution in [3.63, 3.8) is 0 Å². The predicted molar refractivity (Wildman–Crippen MR) is 85.8 cm³/mol. The van der Waals surface area contributed by atoms with E-state index >= 15 is 0 Å². The second-order valence-corrected chi connectivity index (χ2v) is 5.96. The van der Waals surface area contributed by atoms with Gasteiger partial charge in [-0.25, -0.2) is 8.78 Å². The third-order valence-corrected chi connectivity index (χ3v) is 4.20. The number of likely N-dealkylation sites (N-methyl/N-ethyl adjacent to an activating group) is 1. The largest absolute Gasteiger partial charge is 0.389 e. The van der Waals surface area contributed by atoms with Crippen LogP contribution in [0, 0.1) is 11.6 Å². The third-order valence-electron chi connectivity index (χ3n) is 3.96. The summed E-state index contributed by atoms with van der Waals surface area (Å²) in [6.07, 6.45) is 1.71. The number of halogens is 2. The minimum absolute atomic E-state index is 0.00184. The van der Waals surface area contributed by atoms with Gasteiger partial charge in [0.25, 0.3) is 0 Å². The molecule has 1 aliphatic rings. The Kier molecular flexibility index (Phi) is 5.11. The van der Waals surface area contributed by atoms with Gasteiger partial charge >= 0.3 is 0 Å². The molecule has 0 bridgehead atoms. The van der Waals surface area contributed by atoms with Crippen LogP contribution in [0.25, 0.3) is 0 Å². The molecule has 1 heterocycles. The summed E-state index contributed by atoms with van der Waals surface area (Å²) in [6.45, 7) is 4.41. The summed E-state index contributed by atoms with van der Waals surface area (Å²) in [5, 5.41) is 0. The van der Waals surface area contributed by atoms with Gasteiger partial charge in [0, 0.05) is 24.7 Å². The number of hydrogen-bond donors (Lipinski definition) is 1. The predicted octanol–water partition coefficient (Wildman–Crippen LogP) is 2.52. The molecule has 0 saturated carbocycles. The molecule has 6 heteroatoms. The van der Waals surface area contributed by atoms with E-state index < -0.39 is 11.6 Å². The molecule has 21 heavy (non-hydrogen) atoms. The highest BCUT2D eigenvalue weighted by Crippen LogP contribution is 2.29. The van der Waals surface area contributed by atoms with E-state index in [4.69, 9.17) is 18.0 Å². The lowest BCUT2D eigenvalue weighted by Crippen LogP contribution is -2.40. The first-order chi connectivity index (χ1) is 9.93. The first kappa shape index (κ1) is 16.1. The Bertz CT molecular complexity index is 513. The molecule has 3 nitrogen and oxygen atoms in total. The van der Waals surface area contributed by atoms with Crippen molar-refractivity contribution in [2.75, 3.05) is 31.6 Å². The van der Waals surface area contributed by atoms with E-state index in [2.05, 4.69) is 4.90 Å². The fourth-order valence-corrected chi connectivity index (χ4v) is 2.99. The zero-order chi connectivity index (χ0) is 15.6. The quantitative estimate of drug-likeness (QED) is 0.869. The maximum atomic E-state index is 14.4. The Balaban J connectivity index is 2.41. The van der Waals surface area contributed by atoms with Crippen LogP contribution < -0.4 is 10.6 Å². The molecule has 0 aliphatic carbocycles. The second-order valence-electron chi connectivity index (χ2n) is 5.52. The number of thiocarbonyl (C=S) groups is 1. The summed E-state index contributed by atoms with van der Waals surface area (Å²) in [5.74, 6) is -1.19. The van der Waals surface area contributed by atoms with Crippen molar-refractivity contribution in [2.45, 2.75) is 25.8 Å². The molecular weight excluding hydrogens is 292 g/mol. The smallest absolute Gasteiger partial charge is 0.150 e. The van der Waals surface area contributed by atoms with Crippen LogP contribution in [0.3, 0.4) is 0 Å². The van der Waals surface area contributed by atoms with E-state index in [-0.39, 0.29) is 22.3 Å². The third kappa shape index (κ3) is 3.49. The Labute approximate surface area is 129 Å². The highest BCUT2D eigenvalue weighted by atomic mass is 32.1. The number of rotatable bonds is 3. The van der Waals surface area contributed by atoms with Gasteiger partial charge in [0.05, 0.1) is 0 Å². The fourth-order valence-electron chi connectivity index (χ4n) is 2.87. The maximum absolute atomic E-state index is 14.4. The second kappa shape index (κ2) is 6.66. The Morgan fingerprint density at radius 3 is 2.48 bits per heavy atom. The molecule has 0 radical (unpaired) electrons. The number of nitrogens with zero attached hydrogens (tertiary/aromatic N) is 2. The number of benzene rings is 1. The standard InChI is InChI=1S/C15H21F2N3S/c1-3-11-9-19(2)5-4-6-20(11)14-12(16)7-10(15(18)21)8-13(14)17/h7-8,11H,3-6,9H2,1-2H3,(H2,18,21). The molecule has 0 spiro atoms. The van der Waals surface area contributed by atoms with E-state index in [1.807, 2.05) is 18.9 Å². The summed E-state index contributed by atoms with van der Waals surface area (Å²) in [5.41, 5.74) is 5.72. The van der Waals surface area contributed by atoms with Gasteiger partial charge in [-0.2, -0.15) is 0 Å². The summed E-state index contributed by atoms with van der Waals surface area (Å²) >= 11 is 4.79. The topological polar surface area (TPSA) is 32.5 Å². The maximum Gasteiger partial charge on any atom is 0.150 e. The van der Waals surface area contributed by atoms with E-state index in [1.165, 1.54) is 12.1 Å². The van der Waals surface area contributed by atoms with Crippen LogP contribution in [0.1, 0.15) is 25.3 Å². The molecule has 1 aromatic rings. The van der Waals surface area contributed by atoms with Gasteiger partial charge in [-0.15, -0.1) is 0 Å².